The number of rotatable bonds is 2. The van der Waals surface area contributed by atoms with E-state index in [1.165, 1.54) is 14.7 Å². The van der Waals surface area contributed by atoms with Gasteiger partial charge in [0, 0.05) is 3.57 Å². The van der Waals surface area contributed by atoms with Gasteiger partial charge in [0.15, 0.2) is 6.04 Å². The second kappa shape index (κ2) is 6.02. The molecule has 1 aromatic rings. The number of carbonyl (C=O) groups is 2. The number of anilines is 1. The highest BCUT2D eigenvalue weighted by Crippen LogP contribution is 2.22. The molecule has 0 bridgehead atoms. The number of piperazine rings is 1. The van der Waals surface area contributed by atoms with Crippen molar-refractivity contribution < 1.29 is 19.4 Å². The monoisotopic (exact) mass is 401 g/mol. The molecule has 1 aromatic carbocycles. The first-order valence-corrected chi connectivity index (χ1v) is 8.42. The molecular weight excluding hydrogens is 381 g/mol. The maximum absolute atomic E-state index is 12.7. The second-order valence-electron chi connectivity index (χ2n) is 5.92. The fourth-order valence-electron chi connectivity index (χ4n) is 3.16. The fraction of sp³-hybridized carbons (Fsp3) is 0.467. The third kappa shape index (κ3) is 2.97. The lowest BCUT2D eigenvalue weighted by Crippen LogP contribution is -3.29. The molecule has 0 aromatic heterocycles. The molecule has 2 saturated heterocycles. The van der Waals surface area contributed by atoms with E-state index >= 15 is 0 Å². The Balaban J connectivity index is 1.77. The Morgan fingerprint density at radius 3 is 2.33 bits per heavy atom. The molecule has 6 heteroatoms. The quantitative estimate of drug-likeness (QED) is 0.461. The number of halogens is 1. The minimum Gasteiger partial charge on any atom is -0.328 e. The zero-order valence-corrected chi connectivity index (χ0v) is 14.2. The minimum absolute atomic E-state index is 0.0317. The van der Waals surface area contributed by atoms with E-state index < -0.39 is 0 Å². The van der Waals surface area contributed by atoms with E-state index in [1.807, 2.05) is 24.3 Å². The normalized spacial score (nSPS) is 30.0. The highest BCUT2D eigenvalue weighted by Gasteiger charge is 2.46. The summed E-state index contributed by atoms with van der Waals surface area (Å²) in [5, 5.41) is 0. The van der Waals surface area contributed by atoms with Gasteiger partial charge in [-0.2, -0.15) is 0 Å². The van der Waals surface area contributed by atoms with Gasteiger partial charge >= 0.3 is 0 Å². The van der Waals surface area contributed by atoms with Gasteiger partial charge in [-0.05, 0) is 46.9 Å². The Hall–Kier alpha value is -0.990. The Bertz CT molecular complexity index is 553. The molecule has 0 unspecified atom stereocenters. The van der Waals surface area contributed by atoms with E-state index in [4.69, 9.17) is 0 Å². The molecule has 5 nitrogen and oxygen atoms in total. The molecule has 0 aliphatic carbocycles. The average molecular weight is 401 g/mol. The Morgan fingerprint density at radius 2 is 1.71 bits per heavy atom. The lowest BCUT2D eigenvalue weighted by atomic mass is 10.2. The molecule has 0 spiro atoms. The lowest BCUT2D eigenvalue weighted by Gasteiger charge is -2.30. The van der Waals surface area contributed by atoms with Crippen LogP contribution in [0.15, 0.2) is 24.3 Å². The van der Waals surface area contributed by atoms with Crippen molar-refractivity contribution in [3.8, 4) is 0 Å². The molecule has 2 amide bonds. The van der Waals surface area contributed by atoms with Crippen LogP contribution in [0.2, 0.25) is 0 Å². The summed E-state index contributed by atoms with van der Waals surface area (Å²) in [6, 6.07) is 7.36. The van der Waals surface area contributed by atoms with Crippen molar-refractivity contribution in [1.82, 2.24) is 0 Å². The molecular formula is C15H20IN3O2+2. The summed E-state index contributed by atoms with van der Waals surface area (Å²) in [7, 11) is 2.18. The molecule has 2 N–H and O–H groups in total. The Labute approximate surface area is 138 Å². The van der Waals surface area contributed by atoms with Crippen molar-refractivity contribution in [2.45, 2.75) is 12.5 Å². The number of nitrogens with one attached hydrogen (secondary N) is 2. The zero-order valence-electron chi connectivity index (χ0n) is 12.1. The van der Waals surface area contributed by atoms with E-state index in [9.17, 15) is 9.59 Å². The number of likely N-dealkylation sites (N-methyl/N-ethyl adjacent to an activating group) is 1. The van der Waals surface area contributed by atoms with Crippen molar-refractivity contribution >= 4 is 40.1 Å². The van der Waals surface area contributed by atoms with E-state index in [2.05, 4.69) is 29.6 Å². The predicted molar refractivity (Wildman–Crippen MR) is 87.4 cm³/mol. The van der Waals surface area contributed by atoms with Crippen molar-refractivity contribution in [1.29, 1.82) is 0 Å². The van der Waals surface area contributed by atoms with Crippen molar-refractivity contribution in [3.63, 3.8) is 0 Å². The number of amides is 2. The summed E-state index contributed by atoms with van der Waals surface area (Å²) in [5.74, 6) is -0.0965. The topological polar surface area (TPSA) is 46.3 Å². The van der Waals surface area contributed by atoms with Crippen LogP contribution in [-0.2, 0) is 9.59 Å². The first-order valence-electron chi connectivity index (χ1n) is 7.34. The SMILES string of the molecule is C[NH+]1CC[NH+]([C@@H]2CC(=O)N(c3ccc(I)cc3)C2=O)CC1. The van der Waals surface area contributed by atoms with E-state index in [0.29, 0.717) is 12.1 Å². The Kier molecular flexibility index (Phi) is 4.28. The summed E-state index contributed by atoms with van der Waals surface area (Å²) in [5.41, 5.74) is 0.701. The van der Waals surface area contributed by atoms with E-state index in [-0.39, 0.29) is 17.9 Å². The number of imide groups is 1. The molecule has 2 aliphatic rings. The highest BCUT2D eigenvalue weighted by molar-refractivity contribution is 14.1. The van der Waals surface area contributed by atoms with Gasteiger partial charge in [-0.3, -0.25) is 9.59 Å². The van der Waals surface area contributed by atoms with Gasteiger partial charge in [-0.1, -0.05) is 0 Å². The van der Waals surface area contributed by atoms with Gasteiger partial charge in [0.05, 0.1) is 19.2 Å². The van der Waals surface area contributed by atoms with Crippen LogP contribution in [0.5, 0.6) is 0 Å². The summed E-state index contributed by atoms with van der Waals surface area (Å²) in [4.78, 5) is 29.1. The molecule has 112 valence electrons. The van der Waals surface area contributed by atoms with Gasteiger partial charge in [0.1, 0.15) is 26.2 Å². The summed E-state index contributed by atoms with van der Waals surface area (Å²) in [6.45, 7) is 4.07. The van der Waals surface area contributed by atoms with E-state index in [1.54, 1.807) is 0 Å². The zero-order chi connectivity index (χ0) is 15.0. The average Bonchev–Trinajstić information content (AvgIpc) is 2.76. The van der Waals surface area contributed by atoms with Crippen LogP contribution in [0.25, 0.3) is 0 Å². The van der Waals surface area contributed by atoms with Gasteiger partial charge in [-0.15, -0.1) is 0 Å². The van der Waals surface area contributed by atoms with Crippen LogP contribution in [-0.4, -0.2) is 51.1 Å². The molecule has 2 heterocycles. The number of nitrogens with zero attached hydrogens (tertiary/aromatic N) is 1. The smallest absolute Gasteiger partial charge is 0.292 e. The summed E-state index contributed by atoms with van der Waals surface area (Å²) >= 11 is 2.22. The van der Waals surface area contributed by atoms with Crippen LogP contribution in [0.1, 0.15) is 6.42 Å². The number of hydrogen-bond donors (Lipinski definition) is 2. The first kappa shape index (κ1) is 14.9. The molecule has 2 fully saturated rings. The van der Waals surface area contributed by atoms with Crippen LogP contribution in [0, 0.1) is 3.57 Å². The van der Waals surface area contributed by atoms with Crippen LogP contribution < -0.4 is 14.7 Å². The highest BCUT2D eigenvalue weighted by atomic mass is 127. The van der Waals surface area contributed by atoms with Gasteiger partial charge < -0.3 is 9.80 Å². The van der Waals surface area contributed by atoms with Crippen molar-refractivity contribution in [3.05, 3.63) is 27.8 Å². The van der Waals surface area contributed by atoms with Crippen LogP contribution in [0.3, 0.4) is 0 Å². The van der Waals surface area contributed by atoms with Gasteiger partial charge in [0.25, 0.3) is 5.91 Å². The molecule has 3 rings (SSSR count). The Morgan fingerprint density at radius 1 is 1.10 bits per heavy atom. The molecule has 2 aliphatic heterocycles. The lowest BCUT2D eigenvalue weighted by molar-refractivity contribution is -1.01. The number of hydrogen-bond acceptors (Lipinski definition) is 2. The summed E-state index contributed by atoms with van der Waals surface area (Å²) in [6.07, 6.45) is 0.346. The number of quaternary nitrogens is 2. The number of benzene rings is 1. The van der Waals surface area contributed by atoms with Crippen molar-refractivity contribution in [2.24, 2.45) is 0 Å². The molecule has 0 radical (unpaired) electrons. The largest absolute Gasteiger partial charge is 0.328 e. The van der Waals surface area contributed by atoms with Gasteiger partial charge in [-0.25, -0.2) is 4.90 Å². The molecule has 0 saturated carbocycles. The maximum atomic E-state index is 12.7. The third-order valence-corrected chi connectivity index (χ3v) is 5.19. The van der Waals surface area contributed by atoms with Gasteiger partial charge in [0.2, 0.25) is 5.91 Å². The van der Waals surface area contributed by atoms with E-state index in [0.717, 1.165) is 29.7 Å². The van der Waals surface area contributed by atoms with Crippen LogP contribution >= 0.6 is 22.6 Å². The van der Waals surface area contributed by atoms with Crippen molar-refractivity contribution in [2.75, 3.05) is 38.1 Å². The minimum atomic E-state index is -0.190. The second-order valence-corrected chi connectivity index (χ2v) is 7.16. The molecule has 21 heavy (non-hydrogen) atoms. The van der Waals surface area contributed by atoms with Crippen LogP contribution in [0.4, 0.5) is 5.69 Å². The summed E-state index contributed by atoms with van der Waals surface area (Å²) < 4.78 is 1.10. The third-order valence-electron chi connectivity index (χ3n) is 4.47. The first-order chi connectivity index (χ1) is 10.1. The molecule has 1 atom stereocenters. The maximum Gasteiger partial charge on any atom is 0.292 e. The predicted octanol–water partition coefficient (Wildman–Crippen LogP) is -1.66. The fourth-order valence-corrected chi connectivity index (χ4v) is 3.52. The standard InChI is InChI=1S/C15H18IN3O2/c1-17-6-8-18(9-7-17)13-10-14(20)19(15(13)21)12-4-2-11(16)3-5-12/h2-5,13H,6-10H2,1H3/p+2/t13-/m1/s1. The number of carbonyl (C=O) groups excluding carboxylic acids is 2.